The maximum atomic E-state index is 12.2. The van der Waals surface area contributed by atoms with Crippen LogP contribution in [0.4, 0.5) is 0 Å². The van der Waals surface area contributed by atoms with Gasteiger partial charge >= 0.3 is 0 Å². The molecule has 2 atom stereocenters. The predicted octanol–water partition coefficient (Wildman–Crippen LogP) is -0.0711. The average molecular weight is 310 g/mol. The summed E-state index contributed by atoms with van der Waals surface area (Å²) >= 11 is 5.79. The van der Waals surface area contributed by atoms with Crippen LogP contribution >= 0.6 is 11.6 Å². The van der Waals surface area contributed by atoms with Crippen LogP contribution in [0, 0.1) is 0 Å². The fourth-order valence-corrected chi connectivity index (χ4v) is 2.67. The summed E-state index contributed by atoms with van der Waals surface area (Å²) in [4.78, 5) is 14.0. The lowest BCUT2D eigenvalue weighted by atomic mass is 10.2. The van der Waals surface area contributed by atoms with Crippen molar-refractivity contribution in [3.8, 4) is 0 Å². The van der Waals surface area contributed by atoms with Crippen LogP contribution in [0.15, 0.2) is 24.8 Å². The second kappa shape index (κ2) is 5.82. The minimum atomic E-state index is -0.130. The number of carbonyl (C=O) groups is 1. The van der Waals surface area contributed by atoms with E-state index in [-0.39, 0.29) is 18.0 Å². The van der Waals surface area contributed by atoms with E-state index in [1.807, 2.05) is 0 Å². The largest absolute Gasteiger partial charge is 0.339 e. The average Bonchev–Trinajstić information content (AvgIpc) is 3.16. The van der Waals surface area contributed by atoms with E-state index in [4.69, 9.17) is 17.3 Å². The van der Waals surface area contributed by atoms with Crippen molar-refractivity contribution >= 4 is 17.5 Å². The summed E-state index contributed by atoms with van der Waals surface area (Å²) in [5.74, 6) is 0.0553. The molecule has 0 aliphatic carbocycles. The highest BCUT2D eigenvalue weighted by Crippen LogP contribution is 2.20. The summed E-state index contributed by atoms with van der Waals surface area (Å²) in [6, 6.07) is -0.148. The zero-order chi connectivity index (χ0) is 14.8. The number of rotatable bonds is 4. The molecule has 0 saturated carbocycles. The first-order valence-corrected chi connectivity index (χ1v) is 7.08. The minimum absolute atomic E-state index is 0.0180. The number of carbonyl (C=O) groups excluding carboxylic acids is 1. The lowest BCUT2D eigenvalue weighted by molar-refractivity contribution is -0.130. The summed E-state index contributed by atoms with van der Waals surface area (Å²) in [6.07, 6.45) is 7.00. The molecule has 0 spiro atoms. The van der Waals surface area contributed by atoms with E-state index in [0.29, 0.717) is 31.1 Å². The Morgan fingerprint density at radius 3 is 3.00 bits per heavy atom. The quantitative estimate of drug-likeness (QED) is 0.853. The summed E-state index contributed by atoms with van der Waals surface area (Å²) < 4.78 is 3.37. The Balaban J connectivity index is 1.56. The molecule has 0 radical (unpaired) electrons. The lowest BCUT2D eigenvalue weighted by Crippen LogP contribution is -2.33. The summed E-state index contributed by atoms with van der Waals surface area (Å²) in [5.41, 5.74) is 6.09. The van der Waals surface area contributed by atoms with Crippen molar-refractivity contribution in [1.82, 2.24) is 29.7 Å². The number of likely N-dealkylation sites (tertiary alicyclic amines) is 1. The van der Waals surface area contributed by atoms with Gasteiger partial charge in [-0.25, -0.2) is 4.68 Å². The number of aromatic nitrogens is 5. The Labute approximate surface area is 126 Å². The highest BCUT2D eigenvalue weighted by atomic mass is 35.5. The van der Waals surface area contributed by atoms with Gasteiger partial charge in [-0.05, 0) is 0 Å². The molecule has 8 nitrogen and oxygen atoms in total. The van der Waals surface area contributed by atoms with Crippen LogP contribution in [0.25, 0.3) is 0 Å². The van der Waals surface area contributed by atoms with Crippen LogP contribution in [0.1, 0.15) is 12.5 Å². The summed E-state index contributed by atoms with van der Waals surface area (Å²) in [5, 5.41) is 12.4. The van der Waals surface area contributed by atoms with Crippen LogP contribution in [0.5, 0.6) is 0 Å². The lowest BCUT2D eigenvalue weighted by Gasteiger charge is -2.16. The first-order chi connectivity index (χ1) is 10.1. The van der Waals surface area contributed by atoms with E-state index in [1.165, 1.54) is 0 Å². The zero-order valence-electron chi connectivity index (χ0n) is 11.3. The van der Waals surface area contributed by atoms with E-state index in [0.717, 1.165) is 0 Å². The molecule has 3 rings (SSSR count). The third-order valence-corrected chi connectivity index (χ3v) is 3.82. The number of aryl methyl sites for hydroxylation is 1. The van der Waals surface area contributed by atoms with Crippen molar-refractivity contribution in [1.29, 1.82) is 0 Å². The summed E-state index contributed by atoms with van der Waals surface area (Å²) in [6.45, 7) is 1.59. The molecule has 3 heterocycles. The smallest absolute Gasteiger partial charge is 0.224 e. The van der Waals surface area contributed by atoms with Crippen LogP contribution in [0.2, 0.25) is 5.02 Å². The van der Waals surface area contributed by atoms with Gasteiger partial charge in [-0.1, -0.05) is 16.8 Å². The number of nitrogens with two attached hydrogens (primary N) is 1. The monoisotopic (exact) mass is 309 g/mol. The maximum absolute atomic E-state index is 12.2. The van der Waals surface area contributed by atoms with E-state index in [1.54, 1.807) is 39.1 Å². The Morgan fingerprint density at radius 2 is 2.33 bits per heavy atom. The molecular weight excluding hydrogens is 294 g/mol. The maximum Gasteiger partial charge on any atom is 0.224 e. The van der Waals surface area contributed by atoms with Gasteiger partial charge in [0.1, 0.15) is 0 Å². The molecule has 0 aromatic carbocycles. The molecule has 9 heteroatoms. The van der Waals surface area contributed by atoms with Crippen LogP contribution in [-0.4, -0.2) is 54.7 Å². The van der Waals surface area contributed by atoms with Crippen molar-refractivity contribution < 1.29 is 4.79 Å². The van der Waals surface area contributed by atoms with Gasteiger partial charge in [-0.15, -0.1) is 5.10 Å². The standard InChI is InChI=1S/C12H16ClN7O/c13-9-5-16-19(6-9)3-1-12(21)18-7-10(14)11(8-18)20-4-2-15-17-20/h2,4-6,10-11H,1,3,7-8,14H2/t10-,11+/m1/s1. The molecule has 1 fully saturated rings. The van der Waals surface area contributed by atoms with Gasteiger partial charge in [0, 0.05) is 44.5 Å². The predicted molar refractivity (Wildman–Crippen MR) is 75.5 cm³/mol. The fraction of sp³-hybridized carbons (Fsp3) is 0.500. The number of hydrogen-bond acceptors (Lipinski definition) is 5. The van der Waals surface area contributed by atoms with Crippen molar-refractivity contribution in [2.24, 2.45) is 5.73 Å². The van der Waals surface area contributed by atoms with Crippen molar-refractivity contribution in [3.63, 3.8) is 0 Å². The molecule has 21 heavy (non-hydrogen) atoms. The number of hydrogen-bond donors (Lipinski definition) is 1. The molecule has 1 aliphatic rings. The minimum Gasteiger partial charge on any atom is -0.339 e. The van der Waals surface area contributed by atoms with Crippen molar-refractivity contribution in [2.45, 2.75) is 25.0 Å². The molecule has 1 amide bonds. The first kappa shape index (κ1) is 14.0. The Morgan fingerprint density at radius 1 is 1.48 bits per heavy atom. The van der Waals surface area contributed by atoms with Gasteiger partial charge in [-0.3, -0.25) is 9.48 Å². The van der Waals surface area contributed by atoms with Gasteiger partial charge in [0.05, 0.1) is 23.5 Å². The molecular formula is C12H16ClN7O. The van der Waals surface area contributed by atoms with Crippen molar-refractivity contribution in [2.75, 3.05) is 13.1 Å². The van der Waals surface area contributed by atoms with E-state index < -0.39 is 0 Å². The Kier molecular flexibility index (Phi) is 3.89. The normalized spacial score (nSPS) is 21.9. The zero-order valence-corrected chi connectivity index (χ0v) is 12.1. The molecule has 2 N–H and O–H groups in total. The number of amides is 1. The fourth-order valence-electron chi connectivity index (χ4n) is 2.52. The van der Waals surface area contributed by atoms with Gasteiger partial charge in [0.2, 0.25) is 5.91 Å². The van der Waals surface area contributed by atoms with Crippen LogP contribution in [-0.2, 0) is 11.3 Å². The third kappa shape index (κ3) is 3.06. The van der Waals surface area contributed by atoms with E-state index in [2.05, 4.69) is 15.4 Å². The highest BCUT2D eigenvalue weighted by molar-refractivity contribution is 6.30. The Bertz CT molecular complexity index is 611. The van der Waals surface area contributed by atoms with Crippen molar-refractivity contribution in [3.05, 3.63) is 29.8 Å². The van der Waals surface area contributed by atoms with E-state index in [9.17, 15) is 4.79 Å². The molecule has 0 bridgehead atoms. The molecule has 1 aliphatic heterocycles. The highest BCUT2D eigenvalue weighted by Gasteiger charge is 2.34. The molecule has 2 aromatic heterocycles. The molecule has 2 aromatic rings. The SMILES string of the molecule is N[C@@H]1CN(C(=O)CCn2cc(Cl)cn2)C[C@@H]1n1ccnn1. The first-order valence-electron chi connectivity index (χ1n) is 6.70. The molecule has 0 unspecified atom stereocenters. The summed E-state index contributed by atoms with van der Waals surface area (Å²) in [7, 11) is 0. The van der Waals surface area contributed by atoms with Gasteiger partial charge in [0.15, 0.2) is 0 Å². The third-order valence-electron chi connectivity index (χ3n) is 3.62. The van der Waals surface area contributed by atoms with E-state index >= 15 is 0 Å². The van der Waals surface area contributed by atoms with Crippen LogP contribution in [0.3, 0.4) is 0 Å². The van der Waals surface area contributed by atoms with Gasteiger partial charge in [-0.2, -0.15) is 5.10 Å². The van der Waals surface area contributed by atoms with Gasteiger partial charge < -0.3 is 10.6 Å². The molecule has 1 saturated heterocycles. The number of halogens is 1. The second-order valence-electron chi connectivity index (χ2n) is 5.08. The Hall–Kier alpha value is -1.93. The molecule has 112 valence electrons. The van der Waals surface area contributed by atoms with Gasteiger partial charge in [0.25, 0.3) is 0 Å². The topological polar surface area (TPSA) is 94.9 Å². The van der Waals surface area contributed by atoms with Crippen LogP contribution < -0.4 is 5.73 Å². The second-order valence-corrected chi connectivity index (χ2v) is 5.52. The number of nitrogens with zero attached hydrogens (tertiary/aromatic N) is 6.